The van der Waals surface area contributed by atoms with Crippen LogP contribution in [0, 0.1) is 17.2 Å². The first kappa shape index (κ1) is 13.3. The average molecular weight is 278 g/mol. The summed E-state index contributed by atoms with van der Waals surface area (Å²) in [6, 6.07) is 18.7. The van der Waals surface area contributed by atoms with E-state index >= 15 is 0 Å². The van der Waals surface area contributed by atoms with Crippen molar-refractivity contribution < 1.29 is 9.90 Å². The Hall–Kier alpha value is -2.64. The Balaban J connectivity index is 2.04. The third-order valence-electron chi connectivity index (χ3n) is 3.72. The molecule has 2 unspecified atom stereocenters. The number of aliphatic hydroxyl groups is 1. The van der Waals surface area contributed by atoms with Gasteiger partial charge in [0.1, 0.15) is 6.10 Å². The third kappa shape index (κ3) is 2.28. The maximum atomic E-state index is 12.5. The summed E-state index contributed by atoms with van der Waals surface area (Å²) in [7, 11) is 0. The third-order valence-corrected chi connectivity index (χ3v) is 3.72. The zero-order valence-electron chi connectivity index (χ0n) is 11.3. The van der Waals surface area contributed by atoms with Crippen LogP contribution in [0.4, 0.5) is 5.69 Å². The molecule has 0 fully saturated rings. The largest absolute Gasteiger partial charge is 0.386 e. The Morgan fingerprint density at radius 2 is 1.76 bits per heavy atom. The molecule has 0 radical (unpaired) electrons. The van der Waals surface area contributed by atoms with Crippen molar-refractivity contribution in [3.63, 3.8) is 0 Å². The Morgan fingerprint density at radius 3 is 2.48 bits per heavy atom. The smallest absolute Gasteiger partial charge is 0.247 e. The van der Waals surface area contributed by atoms with E-state index in [0.717, 1.165) is 5.56 Å². The zero-order chi connectivity index (χ0) is 14.8. The first-order valence-corrected chi connectivity index (χ1v) is 6.74. The van der Waals surface area contributed by atoms with Crippen molar-refractivity contribution in [3.8, 4) is 6.07 Å². The molecule has 0 saturated carbocycles. The number of nitrogens with zero attached hydrogens (tertiary/aromatic N) is 2. The summed E-state index contributed by atoms with van der Waals surface area (Å²) < 4.78 is 0. The summed E-state index contributed by atoms with van der Waals surface area (Å²) in [5.41, 5.74) is 2.28. The molecule has 2 aromatic rings. The number of rotatable bonds is 2. The molecule has 1 N–H and O–H groups in total. The van der Waals surface area contributed by atoms with Gasteiger partial charge in [-0.3, -0.25) is 4.79 Å². The second-order valence-corrected chi connectivity index (χ2v) is 5.02. The number of fused-ring (bicyclic) bond motifs is 1. The van der Waals surface area contributed by atoms with Gasteiger partial charge in [-0.1, -0.05) is 48.5 Å². The second-order valence-electron chi connectivity index (χ2n) is 5.02. The molecular formula is C17H14N2O2. The molecule has 0 bridgehead atoms. The highest BCUT2D eigenvalue weighted by atomic mass is 16.3. The molecule has 1 heterocycles. The molecule has 21 heavy (non-hydrogen) atoms. The number of hydrogen-bond acceptors (Lipinski definition) is 3. The number of anilines is 1. The van der Waals surface area contributed by atoms with E-state index in [4.69, 9.17) is 0 Å². The Labute approximate surface area is 122 Å². The number of hydrogen-bond donors (Lipinski definition) is 1. The molecule has 104 valence electrons. The summed E-state index contributed by atoms with van der Waals surface area (Å²) in [5, 5.41) is 19.4. The number of nitriles is 1. The lowest BCUT2D eigenvalue weighted by atomic mass is 9.89. The predicted octanol–water partition coefficient (Wildman–Crippen LogP) is 2.41. The van der Waals surface area contributed by atoms with Crippen LogP contribution in [0.15, 0.2) is 54.6 Å². The first-order valence-electron chi connectivity index (χ1n) is 6.74. The van der Waals surface area contributed by atoms with Crippen molar-refractivity contribution in [3.05, 3.63) is 65.7 Å². The summed E-state index contributed by atoms with van der Waals surface area (Å²) in [5.74, 6) is -1.41. The second kappa shape index (κ2) is 5.39. The van der Waals surface area contributed by atoms with Crippen LogP contribution in [0.25, 0.3) is 0 Å². The fraction of sp³-hybridized carbons (Fsp3) is 0.176. The number of amides is 1. The molecule has 4 heteroatoms. The standard InChI is InChI=1S/C17H14N2O2/c18-10-14-16(20)13-8-4-5-9-15(13)19(17(14)21)11-12-6-2-1-3-7-12/h1-9,14,16,20H,11H2. The van der Waals surface area contributed by atoms with Gasteiger partial charge in [0.2, 0.25) is 5.91 Å². The summed E-state index contributed by atoms with van der Waals surface area (Å²) in [6.07, 6.45) is -1.06. The van der Waals surface area contributed by atoms with Crippen LogP contribution in [0.2, 0.25) is 0 Å². The van der Waals surface area contributed by atoms with Crippen LogP contribution < -0.4 is 4.90 Å². The number of aliphatic hydroxyl groups excluding tert-OH is 1. The van der Waals surface area contributed by atoms with Gasteiger partial charge in [0.25, 0.3) is 0 Å². The van der Waals surface area contributed by atoms with E-state index < -0.39 is 12.0 Å². The Morgan fingerprint density at radius 1 is 1.10 bits per heavy atom. The fourth-order valence-electron chi connectivity index (χ4n) is 2.64. The monoisotopic (exact) mass is 278 g/mol. The molecule has 1 aliphatic heterocycles. The van der Waals surface area contributed by atoms with E-state index in [1.165, 1.54) is 0 Å². The highest BCUT2D eigenvalue weighted by Crippen LogP contribution is 2.38. The number of carbonyl (C=O) groups excluding carboxylic acids is 1. The molecular weight excluding hydrogens is 264 g/mol. The van der Waals surface area contributed by atoms with Crippen LogP contribution in [0.5, 0.6) is 0 Å². The number of carbonyl (C=O) groups is 1. The van der Waals surface area contributed by atoms with Gasteiger partial charge in [-0.05, 0) is 11.6 Å². The van der Waals surface area contributed by atoms with E-state index in [-0.39, 0.29) is 5.91 Å². The lowest BCUT2D eigenvalue weighted by Gasteiger charge is -2.34. The Kier molecular flexibility index (Phi) is 3.43. The van der Waals surface area contributed by atoms with Crippen molar-refractivity contribution >= 4 is 11.6 Å². The Bertz CT molecular complexity index is 706. The van der Waals surface area contributed by atoms with Gasteiger partial charge in [-0.25, -0.2) is 0 Å². The minimum Gasteiger partial charge on any atom is -0.386 e. The fourth-order valence-corrected chi connectivity index (χ4v) is 2.64. The number of para-hydroxylation sites is 1. The van der Waals surface area contributed by atoms with Gasteiger partial charge in [-0.2, -0.15) is 5.26 Å². The average Bonchev–Trinajstić information content (AvgIpc) is 2.53. The molecule has 3 rings (SSSR count). The van der Waals surface area contributed by atoms with Gasteiger partial charge >= 0.3 is 0 Å². The van der Waals surface area contributed by atoms with Crippen LogP contribution in [0.3, 0.4) is 0 Å². The van der Waals surface area contributed by atoms with Crippen molar-refractivity contribution in [2.24, 2.45) is 5.92 Å². The van der Waals surface area contributed by atoms with E-state index in [1.54, 1.807) is 23.1 Å². The van der Waals surface area contributed by atoms with Crippen LogP contribution >= 0.6 is 0 Å². The highest BCUT2D eigenvalue weighted by molar-refractivity contribution is 6.00. The highest BCUT2D eigenvalue weighted by Gasteiger charge is 2.39. The lowest BCUT2D eigenvalue weighted by Crippen LogP contribution is -2.42. The summed E-state index contributed by atoms with van der Waals surface area (Å²) in [6.45, 7) is 0.390. The first-order chi connectivity index (χ1) is 10.2. The molecule has 4 nitrogen and oxygen atoms in total. The van der Waals surface area contributed by atoms with E-state index in [0.29, 0.717) is 17.8 Å². The molecule has 2 aromatic carbocycles. The van der Waals surface area contributed by atoms with Crippen LogP contribution in [-0.2, 0) is 11.3 Å². The molecule has 2 atom stereocenters. The molecule has 0 saturated heterocycles. The van der Waals surface area contributed by atoms with Crippen molar-refractivity contribution in [2.75, 3.05) is 4.90 Å². The van der Waals surface area contributed by atoms with Gasteiger partial charge in [0, 0.05) is 11.3 Å². The van der Waals surface area contributed by atoms with E-state index in [9.17, 15) is 15.2 Å². The molecule has 0 aromatic heterocycles. The maximum absolute atomic E-state index is 12.5. The van der Waals surface area contributed by atoms with E-state index in [2.05, 4.69) is 0 Å². The van der Waals surface area contributed by atoms with Gasteiger partial charge in [0.15, 0.2) is 5.92 Å². The summed E-state index contributed by atoms with van der Waals surface area (Å²) in [4.78, 5) is 14.1. The maximum Gasteiger partial charge on any atom is 0.247 e. The van der Waals surface area contributed by atoms with Gasteiger partial charge in [-0.15, -0.1) is 0 Å². The van der Waals surface area contributed by atoms with Gasteiger partial charge in [0.05, 0.1) is 12.6 Å². The van der Waals surface area contributed by atoms with Crippen LogP contribution in [0.1, 0.15) is 17.2 Å². The van der Waals surface area contributed by atoms with Gasteiger partial charge < -0.3 is 10.0 Å². The minimum atomic E-state index is -1.06. The predicted molar refractivity (Wildman–Crippen MR) is 78.1 cm³/mol. The minimum absolute atomic E-state index is 0.354. The normalized spacial score (nSPS) is 20.8. The number of benzene rings is 2. The zero-order valence-corrected chi connectivity index (χ0v) is 11.3. The molecule has 0 aliphatic carbocycles. The van der Waals surface area contributed by atoms with E-state index in [1.807, 2.05) is 42.5 Å². The van der Waals surface area contributed by atoms with Crippen molar-refractivity contribution in [2.45, 2.75) is 12.6 Å². The van der Waals surface area contributed by atoms with Crippen LogP contribution in [-0.4, -0.2) is 11.0 Å². The quantitative estimate of drug-likeness (QED) is 0.917. The molecule has 0 spiro atoms. The van der Waals surface area contributed by atoms with Crippen molar-refractivity contribution in [1.29, 1.82) is 5.26 Å². The summed E-state index contributed by atoms with van der Waals surface area (Å²) >= 11 is 0. The lowest BCUT2D eigenvalue weighted by molar-refractivity contribution is -0.124. The SMILES string of the molecule is N#CC1C(=O)N(Cc2ccccc2)c2ccccc2C1O. The molecule has 1 amide bonds. The van der Waals surface area contributed by atoms with Crippen molar-refractivity contribution in [1.82, 2.24) is 0 Å². The molecule has 1 aliphatic rings. The topological polar surface area (TPSA) is 64.3 Å².